The molecule has 23 heavy (non-hydrogen) atoms. The smallest absolute Gasteiger partial charge is 0.253 e. The van der Waals surface area contributed by atoms with Gasteiger partial charge in [-0.2, -0.15) is 4.31 Å². The number of rotatable bonds is 8. The van der Waals surface area contributed by atoms with Gasteiger partial charge in [-0.1, -0.05) is 37.3 Å². The van der Waals surface area contributed by atoms with Crippen LogP contribution in [0, 0.1) is 0 Å². The molecule has 1 N–H and O–H groups in total. The first-order chi connectivity index (χ1) is 11.0. The highest BCUT2D eigenvalue weighted by atomic mass is 32.2. The Morgan fingerprint density at radius 2 is 1.87 bits per heavy atom. The minimum absolute atomic E-state index is 0.0351. The Labute approximate surface area is 142 Å². The van der Waals surface area contributed by atoms with Gasteiger partial charge in [0, 0.05) is 24.1 Å². The van der Waals surface area contributed by atoms with E-state index in [9.17, 15) is 13.5 Å². The summed E-state index contributed by atoms with van der Waals surface area (Å²) in [6, 6.07) is 12.8. The van der Waals surface area contributed by atoms with Crippen LogP contribution in [0.25, 0.3) is 0 Å². The summed E-state index contributed by atoms with van der Waals surface area (Å²) in [5, 5.41) is 9.21. The highest BCUT2D eigenvalue weighted by molar-refractivity contribution is 7.91. The number of benzene rings is 1. The Hall–Kier alpha value is -1.21. The molecule has 0 aliphatic rings. The maximum atomic E-state index is 13.0. The molecule has 0 radical (unpaired) electrons. The van der Waals surface area contributed by atoms with Crippen LogP contribution in [-0.4, -0.2) is 30.5 Å². The van der Waals surface area contributed by atoms with Gasteiger partial charge in [0.05, 0.1) is 0 Å². The van der Waals surface area contributed by atoms with Crippen molar-refractivity contribution in [3.8, 4) is 0 Å². The fourth-order valence-corrected chi connectivity index (χ4v) is 5.45. The molecule has 0 bridgehead atoms. The molecule has 126 valence electrons. The van der Waals surface area contributed by atoms with Gasteiger partial charge in [-0.3, -0.25) is 0 Å². The summed E-state index contributed by atoms with van der Waals surface area (Å²) in [6.45, 7) is 4.12. The van der Waals surface area contributed by atoms with Crippen molar-refractivity contribution in [1.29, 1.82) is 0 Å². The molecule has 0 spiro atoms. The third-order valence-electron chi connectivity index (χ3n) is 3.77. The van der Waals surface area contributed by atoms with E-state index in [-0.39, 0.29) is 12.6 Å². The van der Waals surface area contributed by atoms with E-state index in [1.54, 1.807) is 6.07 Å². The van der Waals surface area contributed by atoms with Gasteiger partial charge in [-0.15, -0.1) is 11.3 Å². The van der Waals surface area contributed by atoms with E-state index in [2.05, 4.69) is 0 Å². The number of aryl methyl sites for hydroxylation is 1. The molecule has 0 saturated carbocycles. The van der Waals surface area contributed by atoms with Crippen molar-refractivity contribution in [2.45, 2.75) is 43.5 Å². The first kappa shape index (κ1) is 18.1. The maximum Gasteiger partial charge on any atom is 0.253 e. The van der Waals surface area contributed by atoms with Crippen LogP contribution in [0.2, 0.25) is 0 Å². The third-order valence-corrected chi connectivity index (χ3v) is 7.43. The molecule has 0 amide bonds. The first-order valence-electron chi connectivity index (χ1n) is 7.74. The van der Waals surface area contributed by atoms with Crippen molar-refractivity contribution in [3.05, 3.63) is 52.9 Å². The second kappa shape index (κ2) is 8.06. The summed E-state index contributed by atoms with van der Waals surface area (Å²) in [7, 11) is -3.57. The lowest BCUT2D eigenvalue weighted by atomic mass is 10.2. The molecule has 2 rings (SSSR count). The van der Waals surface area contributed by atoms with Crippen LogP contribution < -0.4 is 0 Å². The number of nitrogens with zero attached hydrogens (tertiary/aromatic N) is 1. The third kappa shape index (κ3) is 4.41. The summed E-state index contributed by atoms with van der Waals surface area (Å²) < 4.78 is 27.9. The van der Waals surface area contributed by atoms with Gasteiger partial charge < -0.3 is 5.11 Å². The molecule has 1 aromatic carbocycles. The second-order valence-electron chi connectivity index (χ2n) is 5.47. The molecule has 0 fully saturated rings. The number of aliphatic hydroxyl groups excluding tert-OH is 1. The van der Waals surface area contributed by atoms with Crippen LogP contribution >= 0.6 is 11.3 Å². The Kier molecular flexibility index (Phi) is 6.35. The average Bonchev–Trinajstić information content (AvgIpc) is 3.03. The molecule has 0 aliphatic heterocycles. The van der Waals surface area contributed by atoms with Crippen LogP contribution in [0.4, 0.5) is 0 Å². The second-order valence-corrected chi connectivity index (χ2v) is 8.76. The van der Waals surface area contributed by atoms with Crippen LogP contribution in [0.3, 0.4) is 0 Å². The van der Waals surface area contributed by atoms with Crippen LogP contribution in [0.5, 0.6) is 0 Å². The lowest BCUT2D eigenvalue weighted by molar-refractivity contribution is 0.231. The van der Waals surface area contributed by atoms with Crippen LogP contribution in [-0.2, 0) is 23.0 Å². The topological polar surface area (TPSA) is 57.6 Å². The van der Waals surface area contributed by atoms with Gasteiger partial charge in [-0.25, -0.2) is 8.42 Å². The van der Waals surface area contributed by atoms with E-state index < -0.39 is 10.0 Å². The Bertz CT molecular complexity index is 710. The fourth-order valence-electron chi connectivity index (χ4n) is 2.37. The SMILES string of the molecule is CCc1ccc(S(=O)(=O)N(Cc2ccccc2)C(C)CCO)s1. The largest absolute Gasteiger partial charge is 0.396 e. The summed E-state index contributed by atoms with van der Waals surface area (Å²) in [5.41, 5.74) is 0.938. The molecule has 4 nitrogen and oxygen atoms in total. The number of sulfonamides is 1. The number of thiophene rings is 1. The fraction of sp³-hybridized carbons (Fsp3) is 0.412. The van der Waals surface area contributed by atoms with E-state index in [1.807, 2.05) is 50.2 Å². The highest BCUT2D eigenvalue weighted by Crippen LogP contribution is 2.28. The van der Waals surface area contributed by atoms with Crippen molar-refractivity contribution in [2.24, 2.45) is 0 Å². The summed E-state index contributed by atoms with van der Waals surface area (Å²) in [6.07, 6.45) is 1.24. The monoisotopic (exact) mass is 353 g/mol. The zero-order valence-electron chi connectivity index (χ0n) is 13.5. The standard InChI is InChI=1S/C17H23NO3S2/c1-3-16-9-10-17(22-16)23(20,21)18(14(2)11-12-19)13-15-7-5-4-6-8-15/h4-10,14,19H,3,11-13H2,1-2H3. The lowest BCUT2D eigenvalue weighted by Gasteiger charge is -2.27. The molecule has 0 aliphatic carbocycles. The molecule has 1 aromatic heterocycles. The van der Waals surface area contributed by atoms with E-state index in [0.29, 0.717) is 17.2 Å². The average molecular weight is 354 g/mol. The maximum absolute atomic E-state index is 13.0. The predicted octanol–water partition coefficient (Wildman–Crippen LogP) is 3.27. The Morgan fingerprint density at radius 3 is 2.43 bits per heavy atom. The minimum Gasteiger partial charge on any atom is -0.396 e. The van der Waals surface area contributed by atoms with Gasteiger partial charge in [0.15, 0.2) is 0 Å². The van der Waals surface area contributed by atoms with E-state index in [4.69, 9.17) is 0 Å². The van der Waals surface area contributed by atoms with Gasteiger partial charge in [0.2, 0.25) is 0 Å². The van der Waals surface area contributed by atoms with Gasteiger partial charge in [-0.05, 0) is 37.5 Å². The summed E-state index contributed by atoms with van der Waals surface area (Å²) in [5.74, 6) is 0. The minimum atomic E-state index is -3.57. The molecular weight excluding hydrogens is 330 g/mol. The predicted molar refractivity (Wildman–Crippen MR) is 94.0 cm³/mol. The molecular formula is C17H23NO3S2. The summed E-state index contributed by atoms with van der Waals surface area (Å²) in [4.78, 5) is 1.05. The van der Waals surface area contributed by atoms with Crippen LogP contribution in [0.15, 0.2) is 46.7 Å². The van der Waals surface area contributed by atoms with Gasteiger partial charge in [0.25, 0.3) is 10.0 Å². The van der Waals surface area contributed by atoms with Gasteiger partial charge >= 0.3 is 0 Å². The quantitative estimate of drug-likeness (QED) is 0.792. The van der Waals surface area contributed by atoms with E-state index in [0.717, 1.165) is 16.9 Å². The molecule has 1 atom stereocenters. The Morgan fingerprint density at radius 1 is 1.17 bits per heavy atom. The molecule has 1 unspecified atom stereocenters. The van der Waals surface area contributed by atoms with E-state index >= 15 is 0 Å². The van der Waals surface area contributed by atoms with Crippen molar-refractivity contribution >= 4 is 21.4 Å². The van der Waals surface area contributed by atoms with Crippen molar-refractivity contribution in [2.75, 3.05) is 6.61 Å². The zero-order valence-corrected chi connectivity index (χ0v) is 15.1. The van der Waals surface area contributed by atoms with Crippen molar-refractivity contribution in [1.82, 2.24) is 4.31 Å². The van der Waals surface area contributed by atoms with Gasteiger partial charge in [0.1, 0.15) is 4.21 Å². The first-order valence-corrected chi connectivity index (χ1v) is 10.00. The highest BCUT2D eigenvalue weighted by Gasteiger charge is 2.30. The lowest BCUT2D eigenvalue weighted by Crippen LogP contribution is -2.38. The Balaban J connectivity index is 2.35. The van der Waals surface area contributed by atoms with Crippen LogP contribution in [0.1, 0.15) is 30.7 Å². The summed E-state index contributed by atoms with van der Waals surface area (Å²) >= 11 is 1.32. The molecule has 6 heteroatoms. The molecule has 1 heterocycles. The number of hydrogen-bond acceptors (Lipinski definition) is 4. The number of hydrogen-bond donors (Lipinski definition) is 1. The van der Waals surface area contributed by atoms with Crippen molar-refractivity contribution in [3.63, 3.8) is 0 Å². The van der Waals surface area contributed by atoms with E-state index in [1.165, 1.54) is 15.6 Å². The molecule has 2 aromatic rings. The van der Waals surface area contributed by atoms with Crippen molar-refractivity contribution < 1.29 is 13.5 Å². The molecule has 0 saturated heterocycles. The zero-order chi connectivity index (χ0) is 16.9. The number of aliphatic hydroxyl groups is 1. The normalized spacial score (nSPS) is 13.4.